The maximum atomic E-state index is 2.79. The van der Waals surface area contributed by atoms with E-state index < -0.39 is 0 Å². The summed E-state index contributed by atoms with van der Waals surface area (Å²) in [6.07, 6.45) is 21.3. The molecule has 8 atom stereocenters. The molecule has 0 aliphatic heterocycles. The topological polar surface area (TPSA) is 0 Å². The molecule has 0 amide bonds. The largest absolute Gasteiger partial charge is 0.0882 e. The van der Waals surface area contributed by atoms with Crippen molar-refractivity contribution in [1.29, 1.82) is 0 Å². The normalized spacial score (nSPS) is 57.5. The minimum atomic E-state index is 0.557. The lowest BCUT2D eigenvalue weighted by Gasteiger charge is -2.73. The van der Waals surface area contributed by atoms with Crippen molar-refractivity contribution in [2.75, 3.05) is 0 Å². The van der Waals surface area contributed by atoms with E-state index in [4.69, 9.17) is 0 Å². The van der Waals surface area contributed by atoms with E-state index in [1.807, 2.05) is 0 Å². The van der Waals surface area contributed by atoms with Crippen molar-refractivity contribution in [3.05, 3.63) is 12.2 Å². The van der Waals surface area contributed by atoms with Crippen molar-refractivity contribution in [2.45, 2.75) is 112 Å². The predicted molar refractivity (Wildman–Crippen MR) is 120 cm³/mol. The van der Waals surface area contributed by atoms with E-state index in [2.05, 4.69) is 53.7 Å². The average molecular weight is 383 g/mol. The number of fused-ring (bicyclic) bond motifs is 7. The summed E-state index contributed by atoms with van der Waals surface area (Å²) >= 11 is 0. The fourth-order valence-electron chi connectivity index (χ4n) is 10.9. The monoisotopic (exact) mass is 382 g/mol. The highest BCUT2D eigenvalue weighted by atomic mass is 14.7. The van der Waals surface area contributed by atoms with E-state index in [0.29, 0.717) is 27.1 Å². The van der Waals surface area contributed by atoms with Gasteiger partial charge in [-0.2, -0.15) is 0 Å². The lowest BCUT2D eigenvalue weighted by molar-refractivity contribution is -0.241. The smallest absolute Gasteiger partial charge is 0.0176 e. The van der Waals surface area contributed by atoms with Crippen molar-refractivity contribution in [3.8, 4) is 0 Å². The van der Waals surface area contributed by atoms with Crippen molar-refractivity contribution in [1.82, 2.24) is 0 Å². The van der Waals surface area contributed by atoms with Gasteiger partial charge in [0.2, 0.25) is 0 Å². The molecule has 0 spiro atoms. The van der Waals surface area contributed by atoms with Gasteiger partial charge in [-0.15, -0.1) is 0 Å². The maximum Gasteiger partial charge on any atom is -0.0176 e. The Morgan fingerprint density at radius 2 is 1.25 bits per heavy atom. The molecule has 5 rings (SSSR count). The third kappa shape index (κ3) is 2.25. The van der Waals surface area contributed by atoms with Crippen LogP contribution in [-0.4, -0.2) is 0 Å². The molecule has 0 radical (unpaired) electrons. The Morgan fingerprint density at radius 1 is 0.607 bits per heavy atom. The Balaban J connectivity index is 1.55. The van der Waals surface area contributed by atoms with Gasteiger partial charge in [-0.05, 0) is 115 Å². The van der Waals surface area contributed by atoms with Gasteiger partial charge in [0, 0.05) is 0 Å². The number of rotatable bonds is 0. The molecule has 0 unspecified atom stereocenters. The summed E-state index contributed by atoms with van der Waals surface area (Å²) in [5, 5.41) is 0. The van der Waals surface area contributed by atoms with Crippen molar-refractivity contribution in [3.63, 3.8) is 0 Å². The molecule has 0 N–H and O–H groups in total. The van der Waals surface area contributed by atoms with Crippen LogP contribution in [0.5, 0.6) is 0 Å². The van der Waals surface area contributed by atoms with E-state index in [1.54, 1.807) is 0 Å². The van der Waals surface area contributed by atoms with Crippen LogP contribution >= 0.6 is 0 Å². The van der Waals surface area contributed by atoms with Crippen LogP contribution in [0.25, 0.3) is 0 Å². The van der Waals surface area contributed by atoms with Gasteiger partial charge in [0.05, 0.1) is 0 Å². The summed E-state index contributed by atoms with van der Waals surface area (Å²) in [5.41, 5.74) is 2.84. The molecule has 0 nitrogen and oxygen atoms in total. The Hall–Kier alpha value is -0.260. The van der Waals surface area contributed by atoms with Crippen molar-refractivity contribution in [2.24, 2.45) is 50.7 Å². The minimum Gasteiger partial charge on any atom is -0.0882 e. The van der Waals surface area contributed by atoms with Gasteiger partial charge in [0.15, 0.2) is 0 Å². The first-order chi connectivity index (χ1) is 13.1. The first-order valence-electron chi connectivity index (χ1n) is 12.7. The highest BCUT2D eigenvalue weighted by molar-refractivity contribution is 5.20. The molecule has 4 fully saturated rings. The minimum absolute atomic E-state index is 0.557. The van der Waals surface area contributed by atoms with Crippen molar-refractivity contribution < 1.29 is 0 Å². The van der Waals surface area contributed by atoms with Crippen LogP contribution in [0.15, 0.2) is 12.2 Å². The second-order valence-electron chi connectivity index (χ2n) is 13.6. The lowest BCUT2D eigenvalue weighted by Crippen LogP contribution is -2.66. The average Bonchev–Trinajstić information content (AvgIpc) is 2.61. The van der Waals surface area contributed by atoms with Gasteiger partial charge in [0.25, 0.3) is 0 Å². The zero-order valence-electron chi connectivity index (χ0n) is 19.7. The van der Waals surface area contributed by atoms with Gasteiger partial charge >= 0.3 is 0 Å². The molecule has 5 aliphatic carbocycles. The van der Waals surface area contributed by atoms with Gasteiger partial charge < -0.3 is 0 Å². The van der Waals surface area contributed by atoms with E-state index in [9.17, 15) is 0 Å². The Bertz CT molecular complexity index is 672. The van der Waals surface area contributed by atoms with Crippen LogP contribution in [0.1, 0.15) is 112 Å². The molecule has 0 aromatic carbocycles. The molecule has 28 heavy (non-hydrogen) atoms. The van der Waals surface area contributed by atoms with Gasteiger partial charge in [-0.3, -0.25) is 0 Å². The van der Waals surface area contributed by atoms with Crippen LogP contribution in [0, 0.1) is 50.7 Å². The third-order valence-corrected chi connectivity index (χ3v) is 12.4. The van der Waals surface area contributed by atoms with Crippen molar-refractivity contribution >= 4 is 0 Å². The zero-order chi connectivity index (χ0) is 20.0. The lowest BCUT2D eigenvalue weighted by atomic mass is 9.31. The summed E-state index contributed by atoms with van der Waals surface area (Å²) < 4.78 is 0. The van der Waals surface area contributed by atoms with Gasteiger partial charge in [-0.25, -0.2) is 0 Å². The summed E-state index contributed by atoms with van der Waals surface area (Å²) in [4.78, 5) is 0. The molecule has 0 bridgehead atoms. The molecule has 0 aromatic heterocycles. The van der Waals surface area contributed by atoms with Gasteiger partial charge in [0.1, 0.15) is 0 Å². The van der Waals surface area contributed by atoms with E-state index in [1.165, 1.54) is 70.6 Å². The molecule has 158 valence electrons. The summed E-state index contributed by atoms with van der Waals surface area (Å²) in [6, 6.07) is 0. The number of allylic oxidation sites excluding steroid dienone is 2. The second-order valence-corrected chi connectivity index (χ2v) is 13.6. The number of hydrogen-bond donors (Lipinski definition) is 0. The quantitative estimate of drug-likeness (QED) is 0.369. The zero-order valence-corrected chi connectivity index (χ0v) is 19.7. The summed E-state index contributed by atoms with van der Waals surface area (Å²) in [6.45, 7) is 16.2. The number of hydrogen-bond acceptors (Lipinski definition) is 0. The summed E-state index contributed by atoms with van der Waals surface area (Å²) in [5.74, 6) is 3.72. The van der Waals surface area contributed by atoms with E-state index >= 15 is 0 Å². The van der Waals surface area contributed by atoms with Crippen LogP contribution in [0.4, 0.5) is 0 Å². The molecule has 0 aromatic rings. The van der Waals surface area contributed by atoms with Crippen LogP contribution in [0.2, 0.25) is 0 Å². The molecule has 5 aliphatic rings. The van der Waals surface area contributed by atoms with Gasteiger partial charge in [-0.1, -0.05) is 60.1 Å². The standard InChI is InChI=1S/C28H46/c1-24(2)15-9-17-26(4)21(24)14-19-28(6)23(26)12-11-22-25(3)16-8-7-10-20(25)13-18-27(22,28)5/h7,10,20-23H,8-9,11-19H2,1-6H3/t20-,21+,22-,23-,25+,26+,27-,28-/m1/s1. The molecule has 0 heteroatoms. The molecular formula is C28H46. The SMILES string of the molecule is CC1(C)CCC[C@]2(C)[C@H]3CC[C@@H]4[C@@]5(C)CCC=C[C@@H]5CC[C@@]4(C)[C@]3(C)CC[C@@H]12. The fourth-order valence-corrected chi connectivity index (χ4v) is 10.9. The highest BCUT2D eigenvalue weighted by Crippen LogP contribution is 2.76. The van der Waals surface area contributed by atoms with Crippen LogP contribution < -0.4 is 0 Å². The molecule has 4 saturated carbocycles. The van der Waals surface area contributed by atoms with Crippen LogP contribution in [-0.2, 0) is 0 Å². The second kappa shape index (κ2) is 5.91. The first kappa shape index (κ1) is 19.7. The fraction of sp³-hybridized carbons (Fsp3) is 0.929. The first-order valence-corrected chi connectivity index (χ1v) is 12.7. The van der Waals surface area contributed by atoms with E-state index in [0.717, 1.165) is 23.7 Å². The molecule has 0 saturated heterocycles. The Morgan fingerprint density at radius 3 is 1.96 bits per heavy atom. The van der Waals surface area contributed by atoms with E-state index in [-0.39, 0.29) is 0 Å². The van der Waals surface area contributed by atoms with Crippen LogP contribution in [0.3, 0.4) is 0 Å². The Kier molecular flexibility index (Phi) is 4.16. The molecular weight excluding hydrogens is 336 g/mol. The summed E-state index contributed by atoms with van der Waals surface area (Å²) in [7, 11) is 0. The molecule has 0 heterocycles. The predicted octanol–water partition coefficient (Wildman–Crippen LogP) is 8.42. The maximum absolute atomic E-state index is 2.79. The third-order valence-electron chi connectivity index (χ3n) is 12.4. The Labute approximate surface area is 175 Å². The highest BCUT2D eigenvalue weighted by Gasteiger charge is 2.68.